The van der Waals surface area contributed by atoms with Gasteiger partial charge < -0.3 is 9.84 Å². The summed E-state index contributed by atoms with van der Waals surface area (Å²) in [5.41, 5.74) is 3.56. The van der Waals surface area contributed by atoms with Gasteiger partial charge in [-0.2, -0.15) is 0 Å². The number of esters is 1. The first-order valence-electron chi connectivity index (χ1n) is 10.5. The molecule has 0 aromatic rings. The van der Waals surface area contributed by atoms with Crippen LogP contribution in [-0.4, -0.2) is 23.3 Å². The van der Waals surface area contributed by atoms with Crippen molar-refractivity contribution in [3.05, 3.63) is 23.3 Å². The summed E-state index contributed by atoms with van der Waals surface area (Å²) in [7, 11) is 0. The molecular weight excluding hydrogens is 324 g/mol. The molecule has 1 heterocycles. The molecule has 1 N–H and O–H groups in total. The van der Waals surface area contributed by atoms with Crippen molar-refractivity contribution in [3.8, 4) is 0 Å². The third-order valence-electron chi connectivity index (χ3n) is 6.43. The average molecular weight is 361 g/mol. The molecule has 1 aliphatic heterocycles. The molecule has 26 heavy (non-hydrogen) atoms. The van der Waals surface area contributed by atoms with E-state index < -0.39 is 6.10 Å². The van der Waals surface area contributed by atoms with Crippen LogP contribution in [0.1, 0.15) is 85.5 Å². The van der Waals surface area contributed by atoms with Gasteiger partial charge in [0, 0.05) is 6.42 Å². The van der Waals surface area contributed by atoms with E-state index in [1.54, 1.807) is 5.57 Å². The Morgan fingerprint density at radius 3 is 2.46 bits per heavy atom. The third kappa shape index (κ3) is 4.60. The van der Waals surface area contributed by atoms with Crippen LogP contribution in [0, 0.1) is 16.7 Å². The zero-order chi connectivity index (χ0) is 18.9. The Labute approximate surface area is 158 Å². The Kier molecular flexibility index (Phi) is 5.67. The third-order valence-corrected chi connectivity index (χ3v) is 6.43. The van der Waals surface area contributed by atoms with Crippen LogP contribution < -0.4 is 0 Å². The summed E-state index contributed by atoms with van der Waals surface area (Å²) in [5, 5.41) is 9.87. The minimum Gasteiger partial charge on any atom is -0.458 e. The highest BCUT2D eigenvalue weighted by molar-refractivity contribution is 5.71. The number of carbonyl (C=O) groups is 1. The van der Waals surface area contributed by atoms with E-state index in [2.05, 4.69) is 33.8 Å². The summed E-state index contributed by atoms with van der Waals surface area (Å²) < 4.78 is 5.43. The lowest BCUT2D eigenvalue weighted by Crippen LogP contribution is -2.34. The van der Waals surface area contributed by atoms with Crippen molar-refractivity contribution < 1.29 is 14.6 Å². The summed E-state index contributed by atoms with van der Waals surface area (Å²) >= 11 is 0. The summed E-state index contributed by atoms with van der Waals surface area (Å²) in [6.45, 7) is 9.52. The standard InChI is InChI=1S/C23H36O3/c1-22(2)14-19(16-8-6-5-7-9-16)20(23(3,4)15-22)11-10-18-12-17(24)13-21(25)26-18/h10-11,16-18,24H,5-9,12-15H2,1-4H3/t17-,18-/m0/s1. The molecule has 3 aliphatic rings. The molecule has 0 aromatic heterocycles. The highest BCUT2D eigenvalue weighted by Gasteiger charge is 2.40. The zero-order valence-corrected chi connectivity index (χ0v) is 17.0. The summed E-state index contributed by atoms with van der Waals surface area (Å²) in [6, 6.07) is 0. The summed E-state index contributed by atoms with van der Waals surface area (Å²) in [4.78, 5) is 11.6. The van der Waals surface area contributed by atoms with Gasteiger partial charge in [-0.3, -0.25) is 4.79 Å². The van der Waals surface area contributed by atoms with Crippen molar-refractivity contribution in [3.63, 3.8) is 0 Å². The molecule has 3 rings (SSSR count). The molecule has 0 radical (unpaired) electrons. The second-order valence-electron chi connectivity index (χ2n) is 10.2. The van der Waals surface area contributed by atoms with E-state index in [9.17, 15) is 9.90 Å². The Hall–Kier alpha value is -1.09. The fourth-order valence-corrected chi connectivity index (χ4v) is 5.68. The lowest BCUT2D eigenvalue weighted by atomic mass is 9.59. The topological polar surface area (TPSA) is 46.5 Å². The van der Waals surface area contributed by atoms with Gasteiger partial charge >= 0.3 is 5.97 Å². The number of cyclic esters (lactones) is 1. The number of aliphatic hydroxyl groups excluding tert-OH is 1. The largest absolute Gasteiger partial charge is 0.458 e. The van der Waals surface area contributed by atoms with Crippen LogP contribution >= 0.6 is 0 Å². The first-order valence-corrected chi connectivity index (χ1v) is 10.5. The Bertz CT molecular complexity index is 591. The van der Waals surface area contributed by atoms with E-state index in [0.29, 0.717) is 17.8 Å². The Morgan fingerprint density at radius 2 is 1.81 bits per heavy atom. The van der Waals surface area contributed by atoms with Crippen LogP contribution in [-0.2, 0) is 9.53 Å². The van der Waals surface area contributed by atoms with Gasteiger partial charge in [0.2, 0.25) is 0 Å². The van der Waals surface area contributed by atoms with Crippen LogP contribution in [0.25, 0.3) is 0 Å². The van der Waals surface area contributed by atoms with Crippen LogP contribution in [0.15, 0.2) is 23.3 Å². The fraction of sp³-hybridized carbons (Fsp3) is 0.783. The number of rotatable bonds is 3. The predicted molar refractivity (Wildman–Crippen MR) is 105 cm³/mol. The van der Waals surface area contributed by atoms with Crippen molar-refractivity contribution >= 4 is 5.97 Å². The van der Waals surface area contributed by atoms with Gasteiger partial charge in [-0.15, -0.1) is 0 Å². The molecule has 0 unspecified atom stereocenters. The molecule has 0 amide bonds. The number of carbonyl (C=O) groups excluding carboxylic acids is 1. The second kappa shape index (κ2) is 7.50. The van der Waals surface area contributed by atoms with Gasteiger partial charge in [-0.05, 0) is 54.1 Å². The molecule has 0 bridgehead atoms. The second-order valence-corrected chi connectivity index (χ2v) is 10.2. The Morgan fingerprint density at radius 1 is 1.12 bits per heavy atom. The predicted octanol–water partition coefficient (Wildman–Crippen LogP) is 5.33. The normalized spacial score (nSPS) is 32.7. The maximum atomic E-state index is 11.6. The maximum Gasteiger partial charge on any atom is 0.309 e. The van der Waals surface area contributed by atoms with E-state index in [-0.39, 0.29) is 23.9 Å². The molecule has 2 aliphatic carbocycles. The van der Waals surface area contributed by atoms with Crippen LogP contribution in [0.3, 0.4) is 0 Å². The number of ether oxygens (including phenoxy) is 1. The van der Waals surface area contributed by atoms with Gasteiger partial charge in [-0.25, -0.2) is 0 Å². The van der Waals surface area contributed by atoms with Crippen LogP contribution in [0.2, 0.25) is 0 Å². The quantitative estimate of drug-likeness (QED) is 0.692. The molecule has 2 atom stereocenters. The lowest BCUT2D eigenvalue weighted by Gasteiger charge is -2.46. The summed E-state index contributed by atoms with van der Waals surface area (Å²) in [5.74, 6) is 0.422. The highest BCUT2D eigenvalue weighted by Crippen LogP contribution is 2.52. The van der Waals surface area contributed by atoms with E-state index in [0.717, 1.165) is 0 Å². The molecule has 2 fully saturated rings. The minimum atomic E-state index is -0.573. The molecule has 1 saturated heterocycles. The molecule has 3 nitrogen and oxygen atoms in total. The first kappa shape index (κ1) is 19.7. The van der Waals surface area contributed by atoms with Crippen LogP contribution in [0.4, 0.5) is 0 Å². The monoisotopic (exact) mass is 360 g/mol. The average Bonchev–Trinajstić information content (AvgIpc) is 2.51. The number of hydrogen-bond donors (Lipinski definition) is 1. The van der Waals surface area contributed by atoms with Crippen molar-refractivity contribution in [2.45, 2.75) is 97.7 Å². The summed E-state index contributed by atoms with van der Waals surface area (Å²) in [6.07, 6.45) is 13.1. The van der Waals surface area contributed by atoms with Gasteiger partial charge in [0.25, 0.3) is 0 Å². The van der Waals surface area contributed by atoms with Crippen LogP contribution in [0.5, 0.6) is 0 Å². The molecule has 0 aromatic carbocycles. The molecule has 3 heteroatoms. The highest BCUT2D eigenvalue weighted by atomic mass is 16.5. The van der Waals surface area contributed by atoms with E-state index in [1.165, 1.54) is 50.5 Å². The fourth-order valence-electron chi connectivity index (χ4n) is 5.68. The Balaban J connectivity index is 1.90. The first-order chi connectivity index (χ1) is 12.2. The van der Waals surface area contributed by atoms with E-state index >= 15 is 0 Å². The van der Waals surface area contributed by atoms with Crippen molar-refractivity contribution in [1.82, 2.24) is 0 Å². The molecule has 1 saturated carbocycles. The van der Waals surface area contributed by atoms with Gasteiger partial charge in [0.05, 0.1) is 12.5 Å². The van der Waals surface area contributed by atoms with Crippen molar-refractivity contribution in [2.75, 3.05) is 0 Å². The number of allylic oxidation sites excluding steroid dienone is 3. The van der Waals surface area contributed by atoms with Gasteiger partial charge in [0.15, 0.2) is 0 Å². The van der Waals surface area contributed by atoms with Gasteiger partial charge in [0.1, 0.15) is 6.10 Å². The number of aliphatic hydroxyl groups is 1. The molecule has 0 spiro atoms. The number of hydrogen-bond acceptors (Lipinski definition) is 3. The molecular formula is C23H36O3. The SMILES string of the molecule is CC1(C)CC(C2CCCCC2)=C(C=C[C@H]2C[C@H](O)CC(=O)O2)C(C)(C)C1. The van der Waals surface area contributed by atoms with E-state index in [1.807, 2.05) is 6.08 Å². The maximum absolute atomic E-state index is 11.6. The minimum absolute atomic E-state index is 0.125. The lowest BCUT2D eigenvalue weighted by molar-refractivity contribution is -0.156. The van der Waals surface area contributed by atoms with Crippen molar-refractivity contribution in [2.24, 2.45) is 16.7 Å². The van der Waals surface area contributed by atoms with Gasteiger partial charge in [-0.1, -0.05) is 58.6 Å². The van der Waals surface area contributed by atoms with E-state index in [4.69, 9.17) is 4.74 Å². The zero-order valence-electron chi connectivity index (χ0n) is 17.0. The molecule has 146 valence electrons. The smallest absolute Gasteiger partial charge is 0.309 e. The van der Waals surface area contributed by atoms with Crippen molar-refractivity contribution in [1.29, 1.82) is 0 Å².